The van der Waals surface area contributed by atoms with Crippen LogP contribution in [0.3, 0.4) is 0 Å². The van der Waals surface area contributed by atoms with Crippen molar-refractivity contribution in [1.29, 1.82) is 0 Å². The Bertz CT molecular complexity index is 790. The van der Waals surface area contributed by atoms with Gasteiger partial charge in [0.25, 0.3) is 5.91 Å². The highest BCUT2D eigenvalue weighted by atomic mass is 16.3. The van der Waals surface area contributed by atoms with E-state index in [1.54, 1.807) is 23.1 Å². The highest BCUT2D eigenvalue weighted by Crippen LogP contribution is 2.24. The number of Topliss-reactive ketones (excluding diaryl/α,β-unsaturated/α-hetero) is 1. The molecule has 1 aliphatic rings. The number of piperidine rings is 1. The Morgan fingerprint density at radius 2 is 1.74 bits per heavy atom. The fourth-order valence-corrected chi connectivity index (χ4v) is 3.62. The van der Waals surface area contributed by atoms with E-state index < -0.39 is 0 Å². The Kier molecular flexibility index (Phi) is 6.28. The molecule has 1 amide bonds. The number of hydrogen-bond donors (Lipinski definition) is 1. The molecule has 0 unspecified atom stereocenters. The zero-order valence-corrected chi connectivity index (χ0v) is 15.9. The van der Waals surface area contributed by atoms with E-state index in [1.807, 2.05) is 12.1 Å². The van der Waals surface area contributed by atoms with Gasteiger partial charge in [-0.25, -0.2) is 0 Å². The summed E-state index contributed by atoms with van der Waals surface area (Å²) >= 11 is 0. The molecule has 1 N–H and O–H groups in total. The third-order valence-electron chi connectivity index (χ3n) is 5.30. The van der Waals surface area contributed by atoms with Gasteiger partial charge in [0.2, 0.25) is 0 Å². The van der Waals surface area contributed by atoms with E-state index in [9.17, 15) is 14.7 Å². The number of benzene rings is 2. The number of nitrogens with zero attached hydrogens (tertiary/aromatic N) is 1. The van der Waals surface area contributed by atoms with Crippen molar-refractivity contribution in [3.63, 3.8) is 0 Å². The van der Waals surface area contributed by atoms with Crippen LogP contribution in [0.25, 0.3) is 0 Å². The zero-order chi connectivity index (χ0) is 19.2. The summed E-state index contributed by atoms with van der Waals surface area (Å²) in [5.74, 6) is 0.159. The lowest BCUT2D eigenvalue weighted by Gasteiger charge is -2.31. The van der Waals surface area contributed by atoms with E-state index in [0.29, 0.717) is 31.5 Å². The van der Waals surface area contributed by atoms with E-state index >= 15 is 0 Å². The van der Waals surface area contributed by atoms with Crippen LogP contribution in [0.4, 0.5) is 0 Å². The van der Waals surface area contributed by atoms with E-state index in [1.165, 1.54) is 24.5 Å². The van der Waals surface area contributed by atoms with Gasteiger partial charge in [0.05, 0.1) is 0 Å². The first-order chi connectivity index (χ1) is 13.1. The van der Waals surface area contributed by atoms with Crippen molar-refractivity contribution in [2.24, 2.45) is 5.92 Å². The second-order valence-corrected chi connectivity index (χ2v) is 7.28. The normalized spacial score (nSPS) is 14.9. The molecule has 0 aliphatic carbocycles. The van der Waals surface area contributed by atoms with E-state index in [4.69, 9.17) is 0 Å². The number of ketones is 1. The van der Waals surface area contributed by atoms with Gasteiger partial charge in [-0.1, -0.05) is 43.7 Å². The molecule has 0 radical (unpaired) electrons. The molecule has 3 rings (SSSR count). The van der Waals surface area contributed by atoms with Crippen molar-refractivity contribution in [2.45, 2.75) is 39.0 Å². The fraction of sp³-hybridized carbons (Fsp3) is 0.391. The summed E-state index contributed by atoms with van der Waals surface area (Å²) in [5, 5.41) is 9.55. The Morgan fingerprint density at radius 1 is 1.04 bits per heavy atom. The topological polar surface area (TPSA) is 57.6 Å². The summed E-state index contributed by atoms with van der Waals surface area (Å²) in [6.07, 6.45) is 4.75. The van der Waals surface area contributed by atoms with Crippen LogP contribution < -0.4 is 0 Å². The monoisotopic (exact) mass is 365 g/mol. The smallest absolute Gasteiger partial charge is 0.253 e. The molecular formula is C23H27NO3. The molecule has 1 saturated heterocycles. The summed E-state index contributed by atoms with van der Waals surface area (Å²) < 4.78 is 0. The van der Waals surface area contributed by atoms with Crippen LogP contribution in [-0.2, 0) is 6.42 Å². The summed E-state index contributed by atoms with van der Waals surface area (Å²) in [6, 6.07) is 14.4. The number of aryl methyl sites for hydroxylation is 1. The van der Waals surface area contributed by atoms with Gasteiger partial charge in [0.15, 0.2) is 5.78 Å². The standard InChI is InChI=1S/C23H27NO3/c1-2-3-5-17-8-10-18(11-9-17)22(26)19-12-14-24(15-13-19)23(27)20-6-4-7-21(25)16-20/h4,6-11,16,19,25H,2-3,5,12-15H2,1H3. The average molecular weight is 365 g/mol. The number of aromatic hydroxyl groups is 1. The molecule has 2 aromatic carbocycles. The minimum atomic E-state index is -0.0860. The Morgan fingerprint density at radius 3 is 2.37 bits per heavy atom. The number of likely N-dealkylation sites (tertiary alicyclic amines) is 1. The van der Waals surface area contributed by atoms with Gasteiger partial charge in [-0.3, -0.25) is 9.59 Å². The van der Waals surface area contributed by atoms with Gasteiger partial charge in [0, 0.05) is 30.1 Å². The number of phenolic OH excluding ortho intramolecular Hbond substituents is 1. The fourth-order valence-electron chi connectivity index (χ4n) is 3.62. The van der Waals surface area contributed by atoms with Crippen LogP contribution in [0.5, 0.6) is 5.75 Å². The molecule has 0 atom stereocenters. The van der Waals surface area contributed by atoms with E-state index in [0.717, 1.165) is 12.0 Å². The van der Waals surface area contributed by atoms with Crippen LogP contribution in [0.1, 0.15) is 58.9 Å². The average Bonchev–Trinajstić information content (AvgIpc) is 2.71. The first-order valence-corrected chi connectivity index (χ1v) is 9.80. The number of rotatable bonds is 6. The van der Waals surface area contributed by atoms with Crippen LogP contribution in [0, 0.1) is 5.92 Å². The van der Waals surface area contributed by atoms with Gasteiger partial charge in [0.1, 0.15) is 5.75 Å². The second kappa shape index (κ2) is 8.85. The molecule has 1 heterocycles. The van der Waals surface area contributed by atoms with Gasteiger partial charge < -0.3 is 10.0 Å². The number of carbonyl (C=O) groups excluding carboxylic acids is 2. The molecule has 0 saturated carbocycles. The lowest BCUT2D eigenvalue weighted by atomic mass is 9.88. The van der Waals surface area contributed by atoms with Crippen molar-refractivity contribution >= 4 is 11.7 Å². The van der Waals surface area contributed by atoms with Crippen molar-refractivity contribution in [3.05, 3.63) is 65.2 Å². The maximum atomic E-state index is 12.8. The number of amides is 1. The first-order valence-electron chi connectivity index (χ1n) is 9.80. The summed E-state index contributed by atoms with van der Waals surface area (Å²) in [5.41, 5.74) is 2.54. The highest BCUT2D eigenvalue weighted by molar-refractivity contribution is 5.98. The summed E-state index contributed by atoms with van der Waals surface area (Å²) in [6.45, 7) is 3.31. The third-order valence-corrected chi connectivity index (χ3v) is 5.30. The SMILES string of the molecule is CCCCc1ccc(C(=O)C2CCN(C(=O)c3cccc(O)c3)CC2)cc1. The number of phenols is 1. The molecule has 4 heteroatoms. The highest BCUT2D eigenvalue weighted by Gasteiger charge is 2.28. The number of carbonyl (C=O) groups is 2. The maximum Gasteiger partial charge on any atom is 0.253 e. The summed E-state index contributed by atoms with van der Waals surface area (Å²) in [4.78, 5) is 27.1. The van der Waals surface area contributed by atoms with Gasteiger partial charge in [-0.05, 0) is 49.4 Å². The van der Waals surface area contributed by atoms with Crippen LogP contribution in [0.15, 0.2) is 48.5 Å². The third kappa shape index (κ3) is 4.76. The van der Waals surface area contributed by atoms with E-state index in [2.05, 4.69) is 19.1 Å². The molecule has 27 heavy (non-hydrogen) atoms. The van der Waals surface area contributed by atoms with Crippen LogP contribution in [0.2, 0.25) is 0 Å². The lowest BCUT2D eigenvalue weighted by molar-refractivity contribution is 0.0650. The van der Waals surface area contributed by atoms with Crippen LogP contribution in [-0.4, -0.2) is 34.8 Å². The molecular weight excluding hydrogens is 338 g/mol. The van der Waals surface area contributed by atoms with Crippen molar-refractivity contribution < 1.29 is 14.7 Å². The molecule has 0 bridgehead atoms. The second-order valence-electron chi connectivity index (χ2n) is 7.28. The minimum Gasteiger partial charge on any atom is -0.508 e. The Hall–Kier alpha value is -2.62. The molecule has 1 aliphatic heterocycles. The van der Waals surface area contributed by atoms with Crippen molar-refractivity contribution in [1.82, 2.24) is 4.90 Å². The number of unbranched alkanes of at least 4 members (excludes halogenated alkanes) is 1. The molecule has 142 valence electrons. The lowest BCUT2D eigenvalue weighted by Crippen LogP contribution is -2.40. The number of hydrogen-bond acceptors (Lipinski definition) is 3. The van der Waals surface area contributed by atoms with Crippen molar-refractivity contribution in [3.8, 4) is 5.75 Å². The Labute approximate surface area is 160 Å². The zero-order valence-electron chi connectivity index (χ0n) is 15.9. The summed E-state index contributed by atoms with van der Waals surface area (Å²) in [7, 11) is 0. The van der Waals surface area contributed by atoms with Gasteiger partial charge in [-0.2, -0.15) is 0 Å². The molecule has 0 aromatic heterocycles. The molecule has 2 aromatic rings. The largest absolute Gasteiger partial charge is 0.508 e. The quantitative estimate of drug-likeness (QED) is 0.769. The predicted molar refractivity (Wildman–Crippen MR) is 106 cm³/mol. The van der Waals surface area contributed by atoms with Crippen LogP contribution >= 0.6 is 0 Å². The van der Waals surface area contributed by atoms with Gasteiger partial charge in [-0.15, -0.1) is 0 Å². The maximum absolute atomic E-state index is 12.8. The first kappa shape index (κ1) is 19.2. The predicted octanol–water partition coefficient (Wildman–Crippen LogP) is 4.47. The van der Waals surface area contributed by atoms with Crippen molar-refractivity contribution in [2.75, 3.05) is 13.1 Å². The van der Waals surface area contributed by atoms with E-state index in [-0.39, 0.29) is 23.4 Å². The molecule has 0 spiro atoms. The Balaban J connectivity index is 1.57. The molecule has 4 nitrogen and oxygen atoms in total. The molecule has 1 fully saturated rings. The minimum absolute atomic E-state index is 0.0280. The van der Waals surface area contributed by atoms with Gasteiger partial charge >= 0.3 is 0 Å².